The van der Waals surface area contributed by atoms with Crippen LogP contribution in [-0.2, 0) is 0 Å². The Morgan fingerprint density at radius 1 is 0.950 bits per heavy atom. The maximum Gasteiger partial charge on any atom is 0.0444 e. The van der Waals surface area contributed by atoms with Crippen molar-refractivity contribution >= 4 is 17.1 Å². The molecule has 20 heavy (non-hydrogen) atoms. The van der Waals surface area contributed by atoms with E-state index in [1.165, 1.54) is 16.9 Å². The van der Waals surface area contributed by atoms with Crippen LogP contribution >= 0.6 is 0 Å². The van der Waals surface area contributed by atoms with Crippen molar-refractivity contribution in [2.75, 3.05) is 10.6 Å². The smallest absolute Gasteiger partial charge is 0.0444 e. The van der Waals surface area contributed by atoms with Crippen LogP contribution in [0, 0.1) is 12.8 Å². The minimum absolute atomic E-state index is 0.416. The van der Waals surface area contributed by atoms with Gasteiger partial charge >= 0.3 is 0 Å². The Labute approximate surface area is 122 Å². The molecule has 1 atom stereocenters. The highest BCUT2D eigenvalue weighted by Gasteiger charge is 2.20. The van der Waals surface area contributed by atoms with Crippen molar-refractivity contribution in [3.8, 4) is 0 Å². The summed E-state index contributed by atoms with van der Waals surface area (Å²) in [6, 6.07) is 17.1. The highest BCUT2D eigenvalue weighted by Crippen LogP contribution is 2.33. The summed E-state index contributed by atoms with van der Waals surface area (Å²) in [6.07, 6.45) is 0. The summed E-state index contributed by atoms with van der Waals surface area (Å²) >= 11 is 0. The van der Waals surface area contributed by atoms with Gasteiger partial charge in [-0.3, -0.25) is 0 Å². The normalized spacial score (nSPS) is 12.4. The van der Waals surface area contributed by atoms with E-state index >= 15 is 0 Å². The Morgan fingerprint density at radius 3 is 2.15 bits per heavy atom. The molecule has 0 saturated heterocycles. The molecule has 0 fully saturated rings. The van der Waals surface area contributed by atoms with Crippen molar-refractivity contribution in [3.63, 3.8) is 0 Å². The molecule has 0 radical (unpaired) electrons. The molecule has 0 spiro atoms. The summed E-state index contributed by atoms with van der Waals surface area (Å²) in [4.78, 5) is 2.40. The number of anilines is 3. The maximum atomic E-state index is 5.88. The molecule has 0 heterocycles. The van der Waals surface area contributed by atoms with Gasteiger partial charge in [0.2, 0.25) is 0 Å². The van der Waals surface area contributed by atoms with Crippen molar-refractivity contribution in [2.45, 2.75) is 33.7 Å². The fourth-order valence-corrected chi connectivity index (χ4v) is 2.43. The Morgan fingerprint density at radius 2 is 1.60 bits per heavy atom. The second-order valence-electron chi connectivity index (χ2n) is 5.74. The zero-order valence-corrected chi connectivity index (χ0v) is 12.8. The summed E-state index contributed by atoms with van der Waals surface area (Å²) < 4.78 is 0. The summed E-state index contributed by atoms with van der Waals surface area (Å²) in [7, 11) is 0. The van der Waals surface area contributed by atoms with E-state index in [1.807, 2.05) is 12.1 Å². The van der Waals surface area contributed by atoms with E-state index in [0.29, 0.717) is 12.0 Å². The van der Waals surface area contributed by atoms with E-state index < -0.39 is 0 Å². The van der Waals surface area contributed by atoms with Gasteiger partial charge in [-0.05, 0) is 55.7 Å². The molecule has 0 saturated carbocycles. The molecule has 2 nitrogen and oxygen atoms in total. The van der Waals surface area contributed by atoms with Crippen LogP contribution in [0.5, 0.6) is 0 Å². The average molecular weight is 268 g/mol. The number of aryl methyl sites for hydroxylation is 1. The lowest BCUT2D eigenvalue weighted by Gasteiger charge is -2.35. The molecule has 106 valence electrons. The number of para-hydroxylation sites is 1. The standard InChI is InChI=1S/C18H24N2/c1-13(2)15(4)20(17-8-6-5-7-9-17)18-11-10-16(19)12-14(18)3/h5-13,15H,19H2,1-4H3. The third-order valence-electron chi connectivity index (χ3n) is 3.89. The lowest BCUT2D eigenvalue weighted by molar-refractivity contribution is 0.518. The summed E-state index contributed by atoms with van der Waals surface area (Å²) in [5, 5.41) is 0. The predicted octanol–water partition coefficient (Wildman–Crippen LogP) is 4.76. The van der Waals surface area contributed by atoms with Crippen LogP contribution in [0.4, 0.5) is 17.1 Å². The number of nitrogen functional groups attached to an aromatic ring is 1. The maximum absolute atomic E-state index is 5.88. The van der Waals surface area contributed by atoms with Gasteiger partial charge in [0.1, 0.15) is 0 Å². The van der Waals surface area contributed by atoms with Gasteiger partial charge < -0.3 is 10.6 Å². The molecule has 0 bridgehead atoms. The van der Waals surface area contributed by atoms with Crippen LogP contribution in [-0.4, -0.2) is 6.04 Å². The molecule has 0 aromatic heterocycles. The van der Waals surface area contributed by atoms with E-state index in [2.05, 4.69) is 69.0 Å². The monoisotopic (exact) mass is 268 g/mol. The van der Waals surface area contributed by atoms with Crippen LogP contribution in [0.15, 0.2) is 48.5 Å². The summed E-state index contributed by atoms with van der Waals surface area (Å²) in [6.45, 7) is 8.91. The van der Waals surface area contributed by atoms with Crippen LogP contribution in [0.1, 0.15) is 26.3 Å². The van der Waals surface area contributed by atoms with Crippen molar-refractivity contribution in [2.24, 2.45) is 5.92 Å². The fraction of sp³-hybridized carbons (Fsp3) is 0.333. The third-order valence-corrected chi connectivity index (χ3v) is 3.89. The van der Waals surface area contributed by atoms with Gasteiger partial charge in [0.15, 0.2) is 0 Å². The zero-order valence-electron chi connectivity index (χ0n) is 12.8. The van der Waals surface area contributed by atoms with Gasteiger partial charge in [-0.15, -0.1) is 0 Å². The summed E-state index contributed by atoms with van der Waals surface area (Å²) in [5.74, 6) is 0.562. The van der Waals surface area contributed by atoms with E-state index in [4.69, 9.17) is 5.73 Å². The Bertz CT molecular complexity index is 561. The molecule has 0 aliphatic rings. The number of hydrogen-bond acceptors (Lipinski definition) is 2. The van der Waals surface area contributed by atoms with Crippen LogP contribution in [0.2, 0.25) is 0 Å². The van der Waals surface area contributed by atoms with E-state index in [1.54, 1.807) is 0 Å². The van der Waals surface area contributed by atoms with Crippen molar-refractivity contribution in [1.29, 1.82) is 0 Å². The van der Waals surface area contributed by atoms with Crippen molar-refractivity contribution in [1.82, 2.24) is 0 Å². The molecule has 0 amide bonds. The van der Waals surface area contributed by atoms with Gasteiger partial charge in [0.05, 0.1) is 0 Å². The highest BCUT2D eigenvalue weighted by atomic mass is 15.2. The number of nitrogens with zero attached hydrogens (tertiary/aromatic N) is 1. The minimum Gasteiger partial charge on any atom is -0.399 e. The van der Waals surface area contributed by atoms with Gasteiger partial charge in [0, 0.05) is 23.1 Å². The van der Waals surface area contributed by atoms with Crippen molar-refractivity contribution < 1.29 is 0 Å². The number of rotatable bonds is 4. The molecular formula is C18H24N2. The molecule has 2 aromatic carbocycles. The first-order valence-corrected chi connectivity index (χ1v) is 7.21. The lowest BCUT2D eigenvalue weighted by atomic mass is 10.0. The Hall–Kier alpha value is -1.96. The molecule has 2 N–H and O–H groups in total. The molecule has 1 unspecified atom stereocenters. The Balaban J connectivity index is 2.52. The third kappa shape index (κ3) is 2.96. The van der Waals surface area contributed by atoms with E-state index in [9.17, 15) is 0 Å². The SMILES string of the molecule is Cc1cc(N)ccc1N(c1ccccc1)C(C)C(C)C. The predicted molar refractivity (Wildman–Crippen MR) is 88.5 cm³/mol. The van der Waals surface area contributed by atoms with Crippen molar-refractivity contribution in [3.05, 3.63) is 54.1 Å². The zero-order chi connectivity index (χ0) is 14.7. The first-order valence-electron chi connectivity index (χ1n) is 7.21. The van der Waals surface area contributed by atoms with E-state index in [-0.39, 0.29) is 0 Å². The highest BCUT2D eigenvalue weighted by molar-refractivity contribution is 5.69. The molecule has 0 aliphatic carbocycles. The van der Waals surface area contributed by atoms with Gasteiger partial charge in [-0.1, -0.05) is 32.0 Å². The minimum atomic E-state index is 0.416. The quantitative estimate of drug-likeness (QED) is 0.810. The summed E-state index contributed by atoms with van der Waals surface area (Å²) in [5.41, 5.74) is 10.4. The van der Waals surface area contributed by atoms with Crippen LogP contribution in [0.25, 0.3) is 0 Å². The Kier molecular flexibility index (Phi) is 4.33. The van der Waals surface area contributed by atoms with Gasteiger partial charge in [-0.2, -0.15) is 0 Å². The lowest BCUT2D eigenvalue weighted by Crippen LogP contribution is -2.33. The van der Waals surface area contributed by atoms with Gasteiger partial charge in [-0.25, -0.2) is 0 Å². The van der Waals surface area contributed by atoms with Crippen LogP contribution in [0.3, 0.4) is 0 Å². The number of nitrogens with two attached hydrogens (primary N) is 1. The number of benzene rings is 2. The van der Waals surface area contributed by atoms with Crippen LogP contribution < -0.4 is 10.6 Å². The first kappa shape index (κ1) is 14.4. The molecule has 2 rings (SSSR count). The molecule has 2 heteroatoms. The molecule has 2 aromatic rings. The average Bonchev–Trinajstić information content (AvgIpc) is 2.42. The fourth-order valence-electron chi connectivity index (χ4n) is 2.43. The second kappa shape index (κ2) is 6.00. The molecule has 0 aliphatic heterocycles. The second-order valence-corrected chi connectivity index (χ2v) is 5.74. The van der Waals surface area contributed by atoms with Gasteiger partial charge in [0.25, 0.3) is 0 Å². The molecular weight excluding hydrogens is 244 g/mol. The topological polar surface area (TPSA) is 29.3 Å². The van der Waals surface area contributed by atoms with E-state index in [0.717, 1.165) is 5.69 Å². The number of hydrogen-bond donors (Lipinski definition) is 1. The largest absolute Gasteiger partial charge is 0.399 e. The first-order chi connectivity index (χ1) is 9.50.